The molecule has 1 rings (SSSR count). The van der Waals surface area contributed by atoms with Gasteiger partial charge in [0.15, 0.2) is 5.78 Å². The van der Waals surface area contributed by atoms with Crippen molar-refractivity contribution in [2.45, 2.75) is 13.0 Å². The second-order valence-corrected chi connectivity index (χ2v) is 3.95. The van der Waals surface area contributed by atoms with Crippen molar-refractivity contribution in [1.82, 2.24) is 4.90 Å². The summed E-state index contributed by atoms with van der Waals surface area (Å²) in [5.74, 6) is 0.117. The third kappa shape index (κ3) is 2.56. The topological polar surface area (TPSA) is 20.3 Å². The normalized spacial score (nSPS) is 12.9. The molecule has 0 aliphatic heterocycles. The summed E-state index contributed by atoms with van der Waals surface area (Å²) >= 11 is 5.74. The molecule has 0 aliphatic rings. The van der Waals surface area contributed by atoms with Crippen LogP contribution in [0.4, 0.5) is 0 Å². The van der Waals surface area contributed by atoms with Crippen LogP contribution >= 0.6 is 11.6 Å². The molecule has 76 valence electrons. The number of rotatable bonds is 3. The Morgan fingerprint density at radius 2 is 1.79 bits per heavy atom. The first-order valence-corrected chi connectivity index (χ1v) is 4.86. The zero-order valence-electron chi connectivity index (χ0n) is 8.62. The van der Waals surface area contributed by atoms with E-state index < -0.39 is 0 Å². The summed E-state index contributed by atoms with van der Waals surface area (Å²) in [6, 6.07) is 6.88. The molecule has 0 radical (unpaired) electrons. The lowest BCUT2D eigenvalue weighted by Gasteiger charge is -2.18. The maximum atomic E-state index is 11.8. The number of benzene rings is 1. The van der Waals surface area contributed by atoms with Crippen molar-refractivity contribution < 1.29 is 4.79 Å². The van der Waals surface area contributed by atoms with Crippen molar-refractivity contribution in [3.63, 3.8) is 0 Å². The Morgan fingerprint density at radius 3 is 2.21 bits per heavy atom. The van der Waals surface area contributed by atoms with E-state index in [1.54, 1.807) is 24.3 Å². The maximum Gasteiger partial charge on any atom is 0.179 e. The molecule has 14 heavy (non-hydrogen) atoms. The summed E-state index contributed by atoms with van der Waals surface area (Å²) in [5.41, 5.74) is 0.704. The maximum absolute atomic E-state index is 11.8. The molecule has 0 heterocycles. The number of hydrogen-bond acceptors (Lipinski definition) is 2. The molecule has 0 amide bonds. The molecule has 1 unspecified atom stereocenters. The molecule has 1 aromatic carbocycles. The molecule has 0 bridgehead atoms. The van der Waals surface area contributed by atoms with Crippen LogP contribution in [0.3, 0.4) is 0 Å². The van der Waals surface area contributed by atoms with Gasteiger partial charge in [0.25, 0.3) is 0 Å². The van der Waals surface area contributed by atoms with Gasteiger partial charge >= 0.3 is 0 Å². The predicted molar refractivity (Wildman–Crippen MR) is 58.9 cm³/mol. The van der Waals surface area contributed by atoms with Crippen LogP contribution in [0.1, 0.15) is 17.3 Å². The first kappa shape index (κ1) is 11.2. The lowest BCUT2D eigenvalue weighted by Crippen LogP contribution is -2.32. The van der Waals surface area contributed by atoms with Crippen LogP contribution in [0.25, 0.3) is 0 Å². The van der Waals surface area contributed by atoms with E-state index in [0.29, 0.717) is 10.6 Å². The van der Waals surface area contributed by atoms with E-state index in [2.05, 4.69) is 0 Å². The van der Waals surface area contributed by atoms with Crippen LogP contribution in [0.5, 0.6) is 0 Å². The van der Waals surface area contributed by atoms with Gasteiger partial charge in [0.1, 0.15) is 0 Å². The number of carbonyl (C=O) groups excluding carboxylic acids is 1. The first-order valence-electron chi connectivity index (χ1n) is 4.48. The Bertz CT molecular complexity index is 319. The highest BCUT2D eigenvalue weighted by Crippen LogP contribution is 2.12. The largest absolute Gasteiger partial charge is 0.300 e. The average molecular weight is 212 g/mol. The summed E-state index contributed by atoms with van der Waals surface area (Å²) < 4.78 is 0. The third-order valence-corrected chi connectivity index (χ3v) is 2.53. The van der Waals surface area contributed by atoms with Gasteiger partial charge in [-0.25, -0.2) is 0 Å². The fraction of sp³-hybridized carbons (Fsp3) is 0.364. The molecule has 0 saturated heterocycles. The minimum absolute atomic E-state index is 0.101. The number of carbonyl (C=O) groups is 1. The number of nitrogens with zero attached hydrogens (tertiary/aromatic N) is 1. The highest BCUT2D eigenvalue weighted by Gasteiger charge is 2.16. The van der Waals surface area contributed by atoms with Gasteiger partial charge in [0.2, 0.25) is 0 Å². The first-order chi connectivity index (χ1) is 6.52. The molecule has 0 fully saturated rings. The number of Topliss-reactive ketones (excluding diaryl/α,β-unsaturated/α-hetero) is 1. The Balaban J connectivity index is 2.84. The van der Waals surface area contributed by atoms with Gasteiger partial charge in [-0.15, -0.1) is 0 Å². The summed E-state index contributed by atoms with van der Waals surface area (Å²) in [6.45, 7) is 1.89. The van der Waals surface area contributed by atoms with Crippen LogP contribution < -0.4 is 0 Å². The van der Waals surface area contributed by atoms with Gasteiger partial charge in [-0.1, -0.05) is 11.6 Å². The summed E-state index contributed by atoms with van der Waals surface area (Å²) in [5, 5.41) is 0.652. The zero-order chi connectivity index (χ0) is 10.7. The molecule has 0 saturated carbocycles. The van der Waals surface area contributed by atoms with Gasteiger partial charge < -0.3 is 0 Å². The van der Waals surface area contributed by atoms with Crippen molar-refractivity contribution in [3.8, 4) is 0 Å². The van der Waals surface area contributed by atoms with Crippen molar-refractivity contribution >= 4 is 17.4 Å². The second-order valence-electron chi connectivity index (χ2n) is 3.51. The van der Waals surface area contributed by atoms with Crippen LogP contribution in [-0.2, 0) is 0 Å². The van der Waals surface area contributed by atoms with Crippen LogP contribution in [0.15, 0.2) is 24.3 Å². The van der Waals surface area contributed by atoms with Crippen LogP contribution in [0, 0.1) is 0 Å². The summed E-state index contributed by atoms with van der Waals surface area (Å²) in [7, 11) is 3.77. The van der Waals surface area contributed by atoms with Gasteiger partial charge in [-0.3, -0.25) is 9.69 Å². The summed E-state index contributed by atoms with van der Waals surface area (Å²) in [6.07, 6.45) is 0. The quantitative estimate of drug-likeness (QED) is 0.716. The highest BCUT2D eigenvalue weighted by molar-refractivity contribution is 6.30. The molecular weight excluding hydrogens is 198 g/mol. The number of hydrogen-bond donors (Lipinski definition) is 0. The van der Waals surface area contributed by atoms with E-state index >= 15 is 0 Å². The van der Waals surface area contributed by atoms with E-state index in [-0.39, 0.29) is 11.8 Å². The number of ketones is 1. The molecule has 2 nitrogen and oxygen atoms in total. The second kappa shape index (κ2) is 4.58. The van der Waals surface area contributed by atoms with Gasteiger partial charge in [0.05, 0.1) is 6.04 Å². The van der Waals surface area contributed by atoms with E-state index in [0.717, 1.165) is 0 Å². The molecule has 1 aromatic rings. The van der Waals surface area contributed by atoms with Crippen molar-refractivity contribution in [1.29, 1.82) is 0 Å². The average Bonchev–Trinajstić information content (AvgIpc) is 2.16. The van der Waals surface area contributed by atoms with E-state index in [1.807, 2.05) is 25.9 Å². The van der Waals surface area contributed by atoms with Crippen LogP contribution in [0.2, 0.25) is 5.02 Å². The zero-order valence-corrected chi connectivity index (χ0v) is 9.38. The smallest absolute Gasteiger partial charge is 0.179 e. The molecule has 1 atom stereocenters. The molecule has 0 aliphatic carbocycles. The minimum Gasteiger partial charge on any atom is -0.300 e. The van der Waals surface area contributed by atoms with Crippen molar-refractivity contribution in [2.24, 2.45) is 0 Å². The lowest BCUT2D eigenvalue weighted by molar-refractivity contribution is 0.0891. The SMILES string of the molecule is CC(C(=O)c1ccc(Cl)cc1)N(C)C. The Morgan fingerprint density at radius 1 is 1.29 bits per heavy atom. The fourth-order valence-corrected chi connectivity index (χ4v) is 1.22. The molecule has 3 heteroatoms. The van der Waals surface area contributed by atoms with Gasteiger partial charge in [-0.05, 0) is 45.3 Å². The Hall–Kier alpha value is -0.860. The van der Waals surface area contributed by atoms with Crippen LogP contribution in [-0.4, -0.2) is 30.8 Å². The van der Waals surface area contributed by atoms with E-state index in [1.165, 1.54) is 0 Å². The van der Waals surface area contributed by atoms with Gasteiger partial charge in [0, 0.05) is 10.6 Å². The Kier molecular flexibility index (Phi) is 3.67. The molecule has 0 spiro atoms. The van der Waals surface area contributed by atoms with E-state index in [9.17, 15) is 4.79 Å². The third-order valence-electron chi connectivity index (χ3n) is 2.28. The lowest BCUT2D eigenvalue weighted by atomic mass is 10.1. The monoisotopic (exact) mass is 211 g/mol. The minimum atomic E-state index is -0.101. The molecular formula is C11H14ClNO. The van der Waals surface area contributed by atoms with Crippen molar-refractivity contribution in [3.05, 3.63) is 34.9 Å². The standard InChI is InChI=1S/C11H14ClNO/c1-8(13(2)3)11(14)9-4-6-10(12)7-5-9/h4-8H,1-3H3. The van der Waals surface area contributed by atoms with E-state index in [4.69, 9.17) is 11.6 Å². The molecule has 0 N–H and O–H groups in total. The number of halogens is 1. The van der Waals surface area contributed by atoms with Gasteiger partial charge in [-0.2, -0.15) is 0 Å². The van der Waals surface area contributed by atoms with Crippen molar-refractivity contribution in [2.75, 3.05) is 14.1 Å². The molecule has 0 aromatic heterocycles. The number of likely N-dealkylation sites (N-methyl/N-ethyl adjacent to an activating group) is 1. The summed E-state index contributed by atoms with van der Waals surface area (Å²) in [4.78, 5) is 13.7. The highest BCUT2D eigenvalue weighted by atomic mass is 35.5. The fourth-order valence-electron chi connectivity index (χ4n) is 1.09. The Labute approximate surface area is 89.5 Å². The predicted octanol–water partition coefficient (Wildman–Crippen LogP) is 2.47.